The Balaban J connectivity index is 1.64. The average Bonchev–Trinajstić information content (AvgIpc) is 3.09. The molecule has 3 aromatic rings. The van der Waals surface area contributed by atoms with Crippen LogP contribution in [-0.2, 0) is 6.54 Å². The minimum absolute atomic E-state index is 0.447. The summed E-state index contributed by atoms with van der Waals surface area (Å²) >= 11 is 0. The molecule has 2 unspecified atom stereocenters. The first-order valence-corrected chi connectivity index (χ1v) is 9.23. The molecule has 0 spiro atoms. The van der Waals surface area contributed by atoms with Gasteiger partial charge < -0.3 is 10.6 Å². The zero-order valence-electron chi connectivity index (χ0n) is 15.2. The lowest BCUT2D eigenvalue weighted by molar-refractivity contribution is -0.721. The van der Waals surface area contributed by atoms with Crippen LogP contribution in [0.15, 0.2) is 79.4 Å². The van der Waals surface area contributed by atoms with Crippen molar-refractivity contribution >= 4 is 11.4 Å². The monoisotopic (exact) mass is 346 g/mol. The maximum atomic E-state index is 6.04. The number of hydrogen-bond donors (Lipinski definition) is 1. The normalized spacial score (nSPS) is 19.7. The lowest BCUT2D eigenvalue weighted by Gasteiger charge is -2.24. The third-order valence-electron chi connectivity index (χ3n) is 5.34. The van der Waals surface area contributed by atoms with Crippen molar-refractivity contribution in [3.63, 3.8) is 0 Å². The van der Waals surface area contributed by atoms with Crippen LogP contribution >= 0.6 is 0 Å². The van der Waals surface area contributed by atoms with Gasteiger partial charge in [0.15, 0.2) is 37.4 Å². The Bertz CT molecular complexity index is 864. The van der Waals surface area contributed by atoms with Crippen LogP contribution in [0.25, 0.3) is 0 Å². The van der Waals surface area contributed by atoms with Gasteiger partial charge in [0.2, 0.25) is 0 Å². The molecule has 4 heteroatoms. The molecule has 3 heterocycles. The molecule has 26 heavy (non-hydrogen) atoms. The molecule has 2 aromatic heterocycles. The van der Waals surface area contributed by atoms with Gasteiger partial charge in [-0.05, 0) is 30.7 Å². The van der Waals surface area contributed by atoms with Gasteiger partial charge in [0.1, 0.15) is 0 Å². The summed E-state index contributed by atoms with van der Waals surface area (Å²) in [5, 5.41) is 0. The van der Waals surface area contributed by atoms with Gasteiger partial charge in [-0.3, -0.25) is 0 Å². The minimum Gasteiger partial charge on any atom is -0.399 e. The lowest BCUT2D eigenvalue weighted by atomic mass is 10.1. The van der Waals surface area contributed by atoms with Crippen LogP contribution in [0.1, 0.15) is 18.0 Å². The van der Waals surface area contributed by atoms with E-state index in [4.69, 9.17) is 5.73 Å². The summed E-state index contributed by atoms with van der Waals surface area (Å²) in [5.41, 5.74) is 9.30. The van der Waals surface area contributed by atoms with Crippen LogP contribution in [0.5, 0.6) is 0 Å². The quantitative estimate of drug-likeness (QED) is 0.582. The van der Waals surface area contributed by atoms with E-state index in [-0.39, 0.29) is 0 Å². The number of anilines is 2. The third-order valence-corrected chi connectivity index (χ3v) is 5.34. The molecule has 1 aliphatic rings. The summed E-state index contributed by atoms with van der Waals surface area (Å²) in [6.07, 6.45) is 9.77. The van der Waals surface area contributed by atoms with Crippen LogP contribution in [0, 0.1) is 6.92 Å². The van der Waals surface area contributed by atoms with E-state index < -0.39 is 0 Å². The van der Waals surface area contributed by atoms with E-state index in [1.807, 2.05) is 6.07 Å². The molecule has 1 aromatic carbocycles. The molecule has 4 rings (SSSR count). The molecule has 4 nitrogen and oxygen atoms in total. The topological polar surface area (TPSA) is 37.0 Å². The highest BCUT2D eigenvalue weighted by Gasteiger charge is 2.39. The molecule has 0 saturated carbocycles. The highest BCUT2D eigenvalue weighted by molar-refractivity contribution is 5.59. The third kappa shape index (κ3) is 3.40. The van der Waals surface area contributed by atoms with Crippen molar-refractivity contribution in [1.82, 2.24) is 0 Å². The number of rotatable bonds is 4. The Morgan fingerprint density at radius 1 is 1.00 bits per heavy atom. The van der Waals surface area contributed by atoms with E-state index in [9.17, 15) is 0 Å². The number of aromatic nitrogens is 2. The Morgan fingerprint density at radius 3 is 2.38 bits per heavy atom. The van der Waals surface area contributed by atoms with Gasteiger partial charge in [-0.2, -0.15) is 0 Å². The number of aryl methyl sites for hydroxylation is 1. The summed E-state index contributed by atoms with van der Waals surface area (Å²) in [6.45, 7) is 4.07. The van der Waals surface area contributed by atoms with Crippen molar-refractivity contribution in [3.05, 3.63) is 84.9 Å². The Labute approximate surface area is 155 Å². The van der Waals surface area contributed by atoms with Gasteiger partial charge in [0, 0.05) is 42.1 Å². The largest absolute Gasteiger partial charge is 0.399 e. The fourth-order valence-corrected chi connectivity index (χ4v) is 3.89. The predicted molar refractivity (Wildman–Crippen MR) is 104 cm³/mol. The van der Waals surface area contributed by atoms with Crippen molar-refractivity contribution in [3.8, 4) is 0 Å². The minimum atomic E-state index is 0.447. The molecular weight excluding hydrogens is 320 g/mol. The van der Waals surface area contributed by atoms with Crippen molar-refractivity contribution in [2.24, 2.45) is 0 Å². The van der Waals surface area contributed by atoms with Crippen LogP contribution in [0.2, 0.25) is 0 Å². The Morgan fingerprint density at radius 2 is 1.69 bits per heavy atom. The number of nitrogens with two attached hydrogens (primary N) is 1. The molecule has 2 atom stereocenters. The second-order valence-electron chi connectivity index (χ2n) is 7.13. The fourth-order valence-electron chi connectivity index (χ4n) is 3.89. The molecule has 0 bridgehead atoms. The van der Waals surface area contributed by atoms with Crippen LogP contribution in [-0.4, -0.2) is 12.6 Å². The summed E-state index contributed by atoms with van der Waals surface area (Å²) in [7, 11) is 0. The van der Waals surface area contributed by atoms with E-state index in [2.05, 4.69) is 94.3 Å². The van der Waals surface area contributed by atoms with Crippen molar-refractivity contribution < 1.29 is 9.13 Å². The zero-order valence-corrected chi connectivity index (χ0v) is 15.2. The smallest absolute Gasteiger partial charge is 0.177 e. The SMILES string of the molecule is Cc1cc(N2CC([n+]3ccccc3)CC2C[n+]2ccccc2)ccc1N. The highest BCUT2D eigenvalue weighted by atomic mass is 15.2. The van der Waals surface area contributed by atoms with Crippen molar-refractivity contribution in [2.75, 3.05) is 17.2 Å². The molecule has 2 N–H and O–H groups in total. The first-order valence-electron chi connectivity index (χ1n) is 9.23. The number of benzene rings is 1. The van der Waals surface area contributed by atoms with Gasteiger partial charge in [0.25, 0.3) is 0 Å². The van der Waals surface area contributed by atoms with Crippen molar-refractivity contribution in [1.29, 1.82) is 0 Å². The molecular formula is C22H26N4+2. The molecule has 1 fully saturated rings. The summed E-state index contributed by atoms with van der Waals surface area (Å²) in [6, 6.07) is 19.9. The second-order valence-corrected chi connectivity index (χ2v) is 7.13. The van der Waals surface area contributed by atoms with Crippen LogP contribution in [0.3, 0.4) is 0 Å². The second kappa shape index (κ2) is 7.16. The first-order chi connectivity index (χ1) is 12.7. The van der Waals surface area contributed by atoms with Crippen LogP contribution in [0.4, 0.5) is 11.4 Å². The van der Waals surface area contributed by atoms with Gasteiger partial charge in [-0.25, -0.2) is 9.13 Å². The summed E-state index contributed by atoms with van der Waals surface area (Å²) < 4.78 is 4.62. The van der Waals surface area contributed by atoms with E-state index in [0.29, 0.717) is 12.1 Å². The highest BCUT2D eigenvalue weighted by Crippen LogP contribution is 2.31. The van der Waals surface area contributed by atoms with E-state index in [1.54, 1.807) is 0 Å². The standard InChI is InChI=1S/C22H26N4/c1-18-14-19(8-9-22(18)23)26-17-20(25-12-6-3-7-13-25)15-21(26)16-24-10-4-2-5-11-24/h2-14,20-21H,15-17,23H2,1H3/q+2. The lowest BCUT2D eigenvalue weighted by Crippen LogP contribution is -2.44. The first kappa shape index (κ1) is 16.6. The zero-order chi connectivity index (χ0) is 17.9. The van der Waals surface area contributed by atoms with Gasteiger partial charge >= 0.3 is 0 Å². The number of nitrogens with zero attached hydrogens (tertiary/aromatic N) is 3. The van der Waals surface area contributed by atoms with Gasteiger partial charge in [-0.1, -0.05) is 12.1 Å². The van der Waals surface area contributed by atoms with E-state index >= 15 is 0 Å². The fraction of sp³-hybridized carbons (Fsp3) is 0.273. The Kier molecular flexibility index (Phi) is 4.57. The summed E-state index contributed by atoms with van der Waals surface area (Å²) in [4.78, 5) is 2.54. The molecule has 1 aliphatic heterocycles. The molecule has 0 amide bonds. The van der Waals surface area contributed by atoms with Crippen LogP contribution < -0.4 is 19.8 Å². The number of hydrogen-bond acceptors (Lipinski definition) is 2. The van der Waals surface area contributed by atoms with Crippen molar-refractivity contribution in [2.45, 2.75) is 32.0 Å². The molecule has 1 saturated heterocycles. The van der Waals surface area contributed by atoms with E-state index in [0.717, 1.165) is 30.8 Å². The maximum absolute atomic E-state index is 6.04. The maximum Gasteiger partial charge on any atom is 0.177 e. The average molecular weight is 346 g/mol. The molecule has 0 aliphatic carbocycles. The predicted octanol–water partition coefficient (Wildman–Crippen LogP) is 2.67. The Hall–Kier alpha value is -2.88. The van der Waals surface area contributed by atoms with E-state index in [1.165, 1.54) is 5.69 Å². The molecule has 0 radical (unpaired) electrons. The number of nitrogen functional groups attached to an aromatic ring is 1. The van der Waals surface area contributed by atoms with Gasteiger partial charge in [0.05, 0.1) is 12.6 Å². The number of pyridine rings is 2. The van der Waals surface area contributed by atoms with Gasteiger partial charge in [-0.15, -0.1) is 0 Å². The summed E-state index contributed by atoms with van der Waals surface area (Å²) in [5.74, 6) is 0. The molecule has 132 valence electrons.